The second-order valence-electron chi connectivity index (χ2n) is 5.56. The molecule has 3 rings (SSSR count). The number of hydrogen-bond donors (Lipinski definition) is 0. The maximum Gasteiger partial charge on any atom is 0.284 e. The lowest BCUT2D eigenvalue weighted by atomic mass is 10.3. The number of ether oxygens (including phenoxy) is 1. The van der Waals surface area contributed by atoms with Gasteiger partial charge in [0.25, 0.3) is 5.69 Å². The van der Waals surface area contributed by atoms with Gasteiger partial charge in [0.2, 0.25) is 10.0 Å². The van der Waals surface area contributed by atoms with Gasteiger partial charge in [-0.15, -0.1) is 0 Å². The summed E-state index contributed by atoms with van der Waals surface area (Å²) in [5, 5.41) is 12.2. The lowest BCUT2D eigenvalue weighted by Gasteiger charge is -2.26. The molecule has 0 aliphatic carbocycles. The van der Waals surface area contributed by atoms with Gasteiger partial charge in [-0.3, -0.25) is 10.1 Å². The number of benzene rings is 2. The Kier molecular flexibility index (Phi) is 6.29. The van der Waals surface area contributed by atoms with Crippen LogP contribution in [0.5, 0.6) is 0 Å². The summed E-state index contributed by atoms with van der Waals surface area (Å²) in [5.41, 5.74) is -0.328. The zero-order valence-electron chi connectivity index (χ0n) is 13.8. The first kappa shape index (κ1) is 20.4. The highest BCUT2D eigenvalue weighted by Gasteiger charge is 2.29. The summed E-state index contributed by atoms with van der Waals surface area (Å²) in [4.78, 5) is 11.5. The number of nitro benzene ring substituents is 1. The molecule has 7 nitrogen and oxygen atoms in total. The third-order valence-electron chi connectivity index (χ3n) is 3.87. The van der Waals surface area contributed by atoms with E-state index in [0.29, 0.717) is 28.2 Å². The molecular formula is C16H14Cl2N2O5S2. The van der Waals surface area contributed by atoms with Crippen molar-refractivity contribution in [1.29, 1.82) is 0 Å². The Bertz CT molecular complexity index is 959. The standard InChI is InChI=1S/C16H14Cl2N2O5S2/c17-12-2-1-3-13(18)16(12)26-15-5-4-11(10-14(15)20(21)22)27(23,24)19-6-8-25-9-7-19/h1-5,10H,6-9H2. The fourth-order valence-electron chi connectivity index (χ4n) is 2.51. The molecule has 0 radical (unpaired) electrons. The topological polar surface area (TPSA) is 89.8 Å². The van der Waals surface area contributed by atoms with E-state index in [4.69, 9.17) is 27.9 Å². The molecule has 1 aliphatic rings. The summed E-state index contributed by atoms with van der Waals surface area (Å²) < 4.78 is 31.9. The van der Waals surface area contributed by atoms with Crippen molar-refractivity contribution in [3.8, 4) is 0 Å². The van der Waals surface area contributed by atoms with Crippen LogP contribution in [0.1, 0.15) is 0 Å². The van der Waals surface area contributed by atoms with Crippen LogP contribution in [0.2, 0.25) is 10.0 Å². The number of hydrogen-bond acceptors (Lipinski definition) is 6. The van der Waals surface area contributed by atoms with Crippen LogP contribution < -0.4 is 0 Å². The van der Waals surface area contributed by atoms with Crippen LogP contribution in [0.25, 0.3) is 0 Å². The van der Waals surface area contributed by atoms with Gasteiger partial charge in [-0.25, -0.2) is 8.42 Å². The average Bonchev–Trinajstić information content (AvgIpc) is 2.65. The van der Waals surface area contributed by atoms with Gasteiger partial charge in [0.15, 0.2) is 0 Å². The van der Waals surface area contributed by atoms with Crippen molar-refractivity contribution in [3.05, 3.63) is 56.6 Å². The highest BCUT2D eigenvalue weighted by atomic mass is 35.5. The molecule has 1 saturated heterocycles. The van der Waals surface area contributed by atoms with Crippen molar-refractivity contribution in [1.82, 2.24) is 4.31 Å². The predicted octanol–water partition coefficient (Wildman–Crippen LogP) is 4.07. The Morgan fingerprint density at radius 2 is 1.74 bits per heavy atom. The Balaban J connectivity index is 1.99. The van der Waals surface area contributed by atoms with E-state index in [1.165, 1.54) is 16.4 Å². The summed E-state index contributed by atoms with van der Waals surface area (Å²) in [6.07, 6.45) is 0. The first-order valence-electron chi connectivity index (χ1n) is 7.79. The van der Waals surface area contributed by atoms with E-state index in [-0.39, 0.29) is 28.6 Å². The highest BCUT2D eigenvalue weighted by molar-refractivity contribution is 7.99. The number of halogens is 2. The smallest absolute Gasteiger partial charge is 0.284 e. The van der Waals surface area contributed by atoms with Crippen molar-refractivity contribution in [2.75, 3.05) is 26.3 Å². The molecule has 11 heteroatoms. The molecule has 144 valence electrons. The van der Waals surface area contributed by atoms with Crippen molar-refractivity contribution in [3.63, 3.8) is 0 Å². The van der Waals surface area contributed by atoms with Crippen molar-refractivity contribution in [2.45, 2.75) is 14.7 Å². The monoisotopic (exact) mass is 448 g/mol. The summed E-state index contributed by atoms with van der Waals surface area (Å²) in [5.74, 6) is 0. The quantitative estimate of drug-likeness (QED) is 0.505. The van der Waals surface area contributed by atoms with Gasteiger partial charge in [0.05, 0.1) is 38.0 Å². The number of sulfonamides is 1. The molecule has 2 aromatic rings. The van der Waals surface area contributed by atoms with Gasteiger partial charge in [0.1, 0.15) is 0 Å². The minimum absolute atomic E-state index is 0.134. The molecule has 0 spiro atoms. The molecule has 0 N–H and O–H groups in total. The van der Waals surface area contributed by atoms with Crippen LogP contribution in [-0.4, -0.2) is 43.9 Å². The maximum atomic E-state index is 12.7. The zero-order chi connectivity index (χ0) is 19.6. The largest absolute Gasteiger partial charge is 0.379 e. The molecule has 0 amide bonds. The van der Waals surface area contributed by atoms with Crippen LogP contribution in [0, 0.1) is 10.1 Å². The number of nitro groups is 1. The highest BCUT2D eigenvalue weighted by Crippen LogP contribution is 2.42. The van der Waals surface area contributed by atoms with Crippen LogP contribution in [0.15, 0.2) is 51.1 Å². The third-order valence-corrected chi connectivity index (χ3v) is 7.82. The van der Waals surface area contributed by atoms with E-state index in [1.807, 2.05) is 0 Å². The lowest BCUT2D eigenvalue weighted by molar-refractivity contribution is -0.388. The summed E-state index contributed by atoms with van der Waals surface area (Å²) in [6, 6.07) is 8.73. The fourth-order valence-corrected chi connectivity index (χ4v) is 5.50. The molecule has 0 saturated carbocycles. The summed E-state index contributed by atoms with van der Waals surface area (Å²) >= 11 is 13.3. The van der Waals surface area contributed by atoms with Gasteiger partial charge >= 0.3 is 0 Å². The van der Waals surface area contributed by atoms with Crippen molar-refractivity contribution in [2.24, 2.45) is 0 Å². The summed E-state index contributed by atoms with van der Waals surface area (Å²) in [6.45, 7) is 1.00. The minimum atomic E-state index is -3.84. The molecule has 1 aliphatic heterocycles. The van der Waals surface area contributed by atoms with E-state index in [0.717, 1.165) is 17.8 Å². The van der Waals surface area contributed by atoms with E-state index < -0.39 is 14.9 Å². The van der Waals surface area contributed by atoms with Crippen LogP contribution >= 0.6 is 35.0 Å². The molecular weight excluding hydrogens is 435 g/mol. The molecule has 0 aromatic heterocycles. The first-order chi connectivity index (χ1) is 12.8. The molecule has 27 heavy (non-hydrogen) atoms. The predicted molar refractivity (Wildman–Crippen MR) is 103 cm³/mol. The lowest BCUT2D eigenvalue weighted by Crippen LogP contribution is -2.40. The Morgan fingerprint density at radius 1 is 1.11 bits per heavy atom. The average molecular weight is 449 g/mol. The second-order valence-corrected chi connectivity index (χ2v) is 9.36. The first-order valence-corrected chi connectivity index (χ1v) is 10.8. The van der Waals surface area contributed by atoms with Crippen LogP contribution in [0.3, 0.4) is 0 Å². The molecule has 1 fully saturated rings. The van der Waals surface area contributed by atoms with Gasteiger partial charge < -0.3 is 4.74 Å². The van der Waals surface area contributed by atoms with E-state index in [2.05, 4.69) is 0 Å². The van der Waals surface area contributed by atoms with Crippen LogP contribution in [-0.2, 0) is 14.8 Å². The van der Waals surface area contributed by atoms with Gasteiger partial charge in [-0.1, -0.05) is 41.0 Å². The Morgan fingerprint density at radius 3 is 2.33 bits per heavy atom. The number of rotatable bonds is 5. The third kappa shape index (κ3) is 4.39. The SMILES string of the molecule is O=[N+]([O-])c1cc(S(=O)(=O)N2CCOCC2)ccc1Sc1c(Cl)cccc1Cl. The summed E-state index contributed by atoms with van der Waals surface area (Å²) in [7, 11) is -3.84. The van der Waals surface area contributed by atoms with E-state index >= 15 is 0 Å². The molecule has 0 bridgehead atoms. The molecule has 2 aromatic carbocycles. The van der Waals surface area contributed by atoms with Crippen molar-refractivity contribution >= 4 is 50.7 Å². The number of nitrogens with zero attached hydrogens (tertiary/aromatic N) is 2. The maximum absolute atomic E-state index is 12.7. The number of morpholine rings is 1. The van der Waals surface area contributed by atoms with Crippen LogP contribution in [0.4, 0.5) is 5.69 Å². The van der Waals surface area contributed by atoms with E-state index in [1.54, 1.807) is 18.2 Å². The fraction of sp³-hybridized carbons (Fsp3) is 0.250. The normalized spacial score (nSPS) is 15.6. The van der Waals surface area contributed by atoms with Gasteiger partial charge in [-0.2, -0.15) is 4.31 Å². The van der Waals surface area contributed by atoms with Crippen molar-refractivity contribution < 1.29 is 18.1 Å². The second kappa shape index (κ2) is 8.34. The Hall–Kier alpha value is -1.36. The van der Waals surface area contributed by atoms with E-state index in [9.17, 15) is 18.5 Å². The van der Waals surface area contributed by atoms with Gasteiger partial charge in [0, 0.05) is 24.1 Å². The molecule has 0 unspecified atom stereocenters. The zero-order valence-corrected chi connectivity index (χ0v) is 16.9. The Labute approximate surface area is 170 Å². The molecule has 1 heterocycles. The van der Waals surface area contributed by atoms with Gasteiger partial charge in [-0.05, 0) is 24.3 Å². The molecule has 0 atom stereocenters. The minimum Gasteiger partial charge on any atom is -0.379 e.